The summed E-state index contributed by atoms with van der Waals surface area (Å²) < 4.78 is 11.9. The Kier molecular flexibility index (Phi) is 7.38. The number of aliphatic hydroxyl groups excluding tert-OH is 1. The fourth-order valence-electron chi connectivity index (χ4n) is 1.81. The highest BCUT2D eigenvalue weighted by molar-refractivity contribution is 9.10. The minimum atomic E-state index is -0.606. The van der Waals surface area contributed by atoms with Gasteiger partial charge in [-0.3, -0.25) is 0 Å². The predicted octanol–water partition coefficient (Wildman–Crippen LogP) is 2.25. The molecule has 19 heavy (non-hydrogen) atoms. The van der Waals surface area contributed by atoms with E-state index in [1.54, 1.807) is 0 Å². The van der Waals surface area contributed by atoms with E-state index in [0.717, 1.165) is 27.9 Å². The molecule has 2 N–H and O–H groups in total. The van der Waals surface area contributed by atoms with E-state index in [2.05, 4.69) is 21.2 Å². The minimum absolute atomic E-state index is 0.235. The van der Waals surface area contributed by atoms with Gasteiger partial charge in [-0.1, -0.05) is 15.9 Å². The van der Waals surface area contributed by atoms with Crippen LogP contribution in [0.25, 0.3) is 0 Å². The molecule has 0 spiro atoms. The molecule has 0 fully saturated rings. The average Bonchev–Trinajstić information content (AvgIpc) is 2.35. The molecule has 0 amide bonds. The Balaban J connectivity index is 2.70. The van der Waals surface area contributed by atoms with Gasteiger partial charge < -0.3 is 19.9 Å². The van der Waals surface area contributed by atoms with Gasteiger partial charge in [-0.25, -0.2) is 0 Å². The number of halogens is 1. The van der Waals surface area contributed by atoms with Crippen LogP contribution in [0.4, 0.5) is 0 Å². The molecule has 0 bridgehead atoms. The molecule has 0 aliphatic carbocycles. The van der Waals surface area contributed by atoms with E-state index in [1.165, 1.54) is 0 Å². The van der Waals surface area contributed by atoms with Crippen LogP contribution in [-0.4, -0.2) is 38.1 Å². The number of hydrogen-bond acceptors (Lipinski definition) is 4. The van der Waals surface area contributed by atoms with Gasteiger partial charge in [0.25, 0.3) is 0 Å². The first-order valence-electron chi connectivity index (χ1n) is 6.40. The number of hydrogen-bond donors (Lipinski definition) is 2. The van der Waals surface area contributed by atoms with Crippen molar-refractivity contribution in [2.45, 2.75) is 26.5 Å². The van der Waals surface area contributed by atoms with Crippen molar-refractivity contribution in [1.82, 2.24) is 5.32 Å². The predicted molar refractivity (Wildman–Crippen MR) is 79.6 cm³/mol. The van der Waals surface area contributed by atoms with E-state index in [-0.39, 0.29) is 6.61 Å². The van der Waals surface area contributed by atoms with E-state index in [0.29, 0.717) is 13.2 Å². The monoisotopic (exact) mass is 331 g/mol. The Morgan fingerprint density at radius 3 is 2.74 bits per heavy atom. The number of benzene rings is 1. The molecule has 0 heterocycles. The molecule has 0 saturated heterocycles. The fraction of sp³-hybridized carbons (Fsp3) is 0.571. The van der Waals surface area contributed by atoms with Crippen LogP contribution in [0.3, 0.4) is 0 Å². The van der Waals surface area contributed by atoms with Crippen molar-refractivity contribution >= 4 is 15.9 Å². The minimum Gasteiger partial charge on any atom is -0.490 e. The maximum Gasteiger partial charge on any atom is 0.126 e. The van der Waals surface area contributed by atoms with Gasteiger partial charge in [0.05, 0.1) is 6.61 Å². The van der Waals surface area contributed by atoms with Crippen LogP contribution in [0.5, 0.6) is 5.75 Å². The Morgan fingerprint density at radius 2 is 2.11 bits per heavy atom. The first-order chi connectivity index (χ1) is 9.08. The lowest BCUT2D eigenvalue weighted by molar-refractivity contribution is 0.0161. The molecule has 108 valence electrons. The van der Waals surface area contributed by atoms with Gasteiger partial charge in [0.1, 0.15) is 18.5 Å². The molecule has 1 atom stereocenters. The lowest BCUT2D eigenvalue weighted by Crippen LogP contribution is -2.24. The summed E-state index contributed by atoms with van der Waals surface area (Å²) in [6.07, 6.45) is -0.606. The van der Waals surface area contributed by atoms with Gasteiger partial charge in [0, 0.05) is 23.2 Å². The smallest absolute Gasteiger partial charge is 0.126 e. The Hall–Kier alpha value is -0.620. The SMILES string of the molecule is CCOCC(O)COc1c(C)cc(Br)cc1CNC. The molecule has 0 aliphatic heterocycles. The summed E-state index contributed by atoms with van der Waals surface area (Å²) in [6.45, 7) is 5.74. The highest BCUT2D eigenvalue weighted by Crippen LogP contribution is 2.28. The average molecular weight is 332 g/mol. The van der Waals surface area contributed by atoms with E-state index in [4.69, 9.17) is 9.47 Å². The Labute approximate surface area is 123 Å². The number of aryl methyl sites for hydroxylation is 1. The highest BCUT2D eigenvalue weighted by atomic mass is 79.9. The molecule has 1 rings (SSSR count). The third-order valence-corrected chi connectivity index (χ3v) is 3.08. The van der Waals surface area contributed by atoms with Crippen molar-refractivity contribution < 1.29 is 14.6 Å². The summed E-state index contributed by atoms with van der Waals surface area (Å²) in [5.74, 6) is 0.827. The second kappa shape index (κ2) is 8.53. The van der Waals surface area contributed by atoms with Crippen LogP contribution in [0.15, 0.2) is 16.6 Å². The van der Waals surface area contributed by atoms with Gasteiger partial charge in [-0.05, 0) is 38.6 Å². The molecule has 0 saturated carbocycles. The quantitative estimate of drug-likeness (QED) is 0.767. The fourth-order valence-corrected chi connectivity index (χ4v) is 2.43. The lowest BCUT2D eigenvalue weighted by Gasteiger charge is -2.17. The van der Waals surface area contributed by atoms with E-state index >= 15 is 0 Å². The number of rotatable bonds is 8. The van der Waals surface area contributed by atoms with Crippen LogP contribution in [0, 0.1) is 6.92 Å². The van der Waals surface area contributed by atoms with Gasteiger partial charge in [-0.15, -0.1) is 0 Å². The Morgan fingerprint density at radius 1 is 1.37 bits per heavy atom. The third-order valence-electron chi connectivity index (χ3n) is 2.62. The maximum absolute atomic E-state index is 9.73. The lowest BCUT2D eigenvalue weighted by atomic mass is 10.1. The number of ether oxygens (including phenoxy) is 2. The molecule has 0 radical (unpaired) electrons. The highest BCUT2D eigenvalue weighted by Gasteiger charge is 2.11. The summed E-state index contributed by atoms with van der Waals surface area (Å²) in [4.78, 5) is 0. The first kappa shape index (κ1) is 16.4. The molecule has 0 aromatic heterocycles. The van der Waals surface area contributed by atoms with Gasteiger partial charge in [-0.2, -0.15) is 0 Å². The number of aliphatic hydroxyl groups is 1. The second-order valence-corrected chi connectivity index (χ2v) is 5.28. The van der Waals surface area contributed by atoms with Crippen molar-refractivity contribution in [1.29, 1.82) is 0 Å². The van der Waals surface area contributed by atoms with Crippen LogP contribution in [-0.2, 0) is 11.3 Å². The molecule has 1 aromatic carbocycles. The van der Waals surface area contributed by atoms with Crippen LogP contribution < -0.4 is 10.1 Å². The van der Waals surface area contributed by atoms with Gasteiger partial charge >= 0.3 is 0 Å². The molecule has 0 aliphatic rings. The molecule has 1 aromatic rings. The summed E-state index contributed by atoms with van der Waals surface area (Å²) in [6, 6.07) is 4.02. The van der Waals surface area contributed by atoms with Crippen molar-refractivity contribution in [3.05, 3.63) is 27.7 Å². The van der Waals surface area contributed by atoms with Crippen molar-refractivity contribution in [2.24, 2.45) is 0 Å². The normalized spacial score (nSPS) is 12.5. The molecule has 5 heteroatoms. The summed E-state index contributed by atoms with van der Waals surface area (Å²) >= 11 is 3.48. The second-order valence-electron chi connectivity index (χ2n) is 4.37. The van der Waals surface area contributed by atoms with Crippen LogP contribution in [0.1, 0.15) is 18.1 Å². The molecule has 4 nitrogen and oxygen atoms in total. The summed E-state index contributed by atoms with van der Waals surface area (Å²) in [5, 5.41) is 12.8. The summed E-state index contributed by atoms with van der Waals surface area (Å²) in [5.41, 5.74) is 2.11. The number of nitrogens with one attached hydrogen (secondary N) is 1. The van der Waals surface area contributed by atoms with Crippen molar-refractivity contribution in [3.63, 3.8) is 0 Å². The standard InChI is InChI=1S/C14H22BrNO3/c1-4-18-8-13(17)9-19-14-10(2)5-12(15)6-11(14)7-16-3/h5-6,13,16-17H,4,7-9H2,1-3H3. The van der Waals surface area contributed by atoms with Crippen molar-refractivity contribution in [3.8, 4) is 5.75 Å². The van der Waals surface area contributed by atoms with E-state index in [9.17, 15) is 5.11 Å². The zero-order chi connectivity index (χ0) is 14.3. The maximum atomic E-state index is 9.73. The van der Waals surface area contributed by atoms with Gasteiger partial charge in [0.2, 0.25) is 0 Å². The van der Waals surface area contributed by atoms with Gasteiger partial charge in [0.15, 0.2) is 0 Å². The largest absolute Gasteiger partial charge is 0.490 e. The Bertz CT molecular complexity index is 399. The van der Waals surface area contributed by atoms with E-state index < -0.39 is 6.10 Å². The zero-order valence-corrected chi connectivity index (χ0v) is 13.3. The molecule has 1 unspecified atom stereocenters. The third kappa shape index (κ3) is 5.48. The molecular weight excluding hydrogens is 310 g/mol. The van der Waals surface area contributed by atoms with E-state index in [1.807, 2.05) is 33.0 Å². The first-order valence-corrected chi connectivity index (χ1v) is 7.20. The molecular formula is C14H22BrNO3. The van der Waals surface area contributed by atoms with Crippen LogP contribution >= 0.6 is 15.9 Å². The summed E-state index contributed by atoms with van der Waals surface area (Å²) in [7, 11) is 1.89. The topological polar surface area (TPSA) is 50.7 Å². The van der Waals surface area contributed by atoms with Crippen molar-refractivity contribution in [2.75, 3.05) is 26.9 Å². The van der Waals surface area contributed by atoms with Crippen LogP contribution in [0.2, 0.25) is 0 Å². The zero-order valence-electron chi connectivity index (χ0n) is 11.7.